The molecule has 0 fully saturated rings. The minimum absolute atomic E-state index is 0.0343. The van der Waals surface area contributed by atoms with Crippen LogP contribution in [0.3, 0.4) is 0 Å². The standard InChI is InChI=1S/C63H99N13O9/c1-7-35-69(56(78)40-68-34-22-19-31-64)44-62(84)75(50(5)53-27-15-11-16-28-53)47-59(81)73(39-24-21-33-66)43-58(80)71(37-9-3)46-63(85)76(51(6)54-29-17-12-18-30-54)48-60(82)72(38-23-20-32-65)42-57(79)70(36-8-2)45-61(83)74(41-55(67)77)49(4)52-25-13-10-14-26-52/h10-18,25-30,49-51,68H,7-9,19-24,31-48,64-66H2,1-6H3,(H2,67,77)/t49-,50-,51-/m0/s1. The van der Waals surface area contributed by atoms with Crippen LogP contribution in [0.4, 0.5) is 0 Å². The summed E-state index contributed by atoms with van der Waals surface area (Å²) in [4.78, 5) is 139. The first kappa shape index (κ1) is 72.0. The summed E-state index contributed by atoms with van der Waals surface area (Å²) >= 11 is 0. The van der Waals surface area contributed by atoms with Gasteiger partial charge in [0.2, 0.25) is 53.2 Å². The van der Waals surface area contributed by atoms with Crippen molar-refractivity contribution in [2.75, 3.05) is 118 Å². The van der Waals surface area contributed by atoms with Gasteiger partial charge in [-0.1, -0.05) is 112 Å². The molecule has 0 saturated carbocycles. The average molecular weight is 1180 g/mol. The van der Waals surface area contributed by atoms with E-state index in [1.165, 1.54) is 39.2 Å². The number of nitrogens with two attached hydrogens (primary N) is 4. The maximum absolute atomic E-state index is 15.0. The Morgan fingerprint density at radius 2 is 0.647 bits per heavy atom. The van der Waals surface area contributed by atoms with Crippen LogP contribution in [0.15, 0.2) is 91.0 Å². The summed E-state index contributed by atoms with van der Waals surface area (Å²) in [6.45, 7) is 10.4. The van der Waals surface area contributed by atoms with E-state index < -0.39 is 98.1 Å². The van der Waals surface area contributed by atoms with Crippen molar-refractivity contribution >= 4 is 53.2 Å². The van der Waals surface area contributed by atoms with Crippen LogP contribution in [-0.2, 0) is 43.2 Å². The highest BCUT2D eigenvalue weighted by molar-refractivity contribution is 5.94. The molecule has 3 aromatic rings. The van der Waals surface area contributed by atoms with Crippen LogP contribution >= 0.6 is 0 Å². The van der Waals surface area contributed by atoms with Crippen molar-refractivity contribution in [3.05, 3.63) is 108 Å². The zero-order valence-corrected chi connectivity index (χ0v) is 51.5. The van der Waals surface area contributed by atoms with Gasteiger partial charge in [-0.15, -0.1) is 0 Å². The van der Waals surface area contributed by atoms with Gasteiger partial charge < -0.3 is 67.5 Å². The summed E-state index contributed by atoms with van der Waals surface area (Å²) in [6.07, 6.45) is 5.09. The molecule has 0 aliphatic carbocycles. The molecule has 0 aromatic heterocycles. The Bertz CT molecular complexity index is 2510. The maximum atomic E-state index is 15.0. The van der Waals surface area contributed by atoms with Crippen LogP contribution in [0.1, 0.15) is 134 Å². The highest BCUT2D eigenvalue weighted by Gasteiger charge is 2.34. The lowest BCUT2D eigenvalue weighted by atomic mass is 10.1. The third-order valence-corrected chi connectivity index (χ3v) is 14.9. The molecule has 3 rings (SSSR count). The Morgan fingerprint density at radius 3 is 0.965 bits per heavy atom. The summed E-state index contributed by atoms with van der Waals surface area (Å²) in [5.74, 6) is -4.61. The number of rotatable bonds is 42. The van der Waals surface area contributed by atoms with Gasteiger partial charge in [-0.25, -0.2) is 0 Å². The molecule has 9 N–H and O–H groups in total. The van der Waals surface area contributed by atoms with Crippen molar-refractivity contribution < 1.29 is 43.2 Å². The predicted octanol–water partition coefficient (Wildman–Crippen LogP) is 3.42. The second-order valence-corrected chi connectivity index (χ2v) is 21.5. The highest BCUT2D eigenvalue weighted by Crippen LogP contribution is 2.24. The SMILES string of the molecule is CCCN(CC(=O)N(CC(N)=O)[C@@H](C)c1ccccc1)C(=O)CN(CCCCN)C(=O)CN(C(=O)CN(CCC)C(=O)CN(CCCCN)C(=O)CN(C(=O)CN(CCC)C(=O)CNCCCCN)[C@@H](C)c1ccccc1)[C@@H](C)c1ccccc1. The fourth-order valence-corrected chi connectivity index (χ4v) is 9.87. The van der Waals surface area contributed by atoms with Gasteiger partial charge in [0.1, 0.15) is 13.1 Å². The molecule has 470 valence electrons. The van der Waals surface area contributed by atoms with Crippen molar-refractivity contribution in [1.29, 1.82) is 0 Å². The van der Waals surface area contributed by atoms with E-state index in [1.807, 2.05) is 119 Å². The molecule has 3 aromatic carbocycles. The van der Waals surface area contributed by atoms with Gasteiger partial charge in [-0.05, 0) is 121 Å². The fraction of sp³-hybridized carbons (Fsp3) is 0.571. The summed E-state index contributed by atoms with van der Waals surface area (Å²) in [5, 5.41) is 3.15. The van der Waals surface area contributed by atoms with Gasteiger partial charge in [0.15, 0.2) is 0 Å². The van der Waals surface area contributed by atoms with Crippen molar-refractivity contribution in [2.24, 2.45) is 22.9 Å². The van der Waals surface area contributed by atoms with Crippen LogP contribution in [0, 0.1) is 0 Å². The van der Waals surface area contributed by atoms with Crippen molar-refractivity contribution in [2.45, 2.75) is 117 Å². The van der Waals surface area contributed by atoms with Gasteiger partial charge in [-0.3, -0.25) is 43.2 Å². The van der Waals surface area contributed by atoms with Gasteiger partial charge in [0.05, 0.1) is 63.9 Å². The molecule has 0 radical (unpaired) electrons. The topological polar surface area (TPSA) is 296 Å². The number of amides is 9. The molecule has 0 heterocycles. The minimum Gasteiger partial charge on any atom is -0.368 e. The minimum atomic E-state index is -0.719. The van der Waals surface area contributed by atoms with E-state index in [0.717, 1.165) is 24.0 Å². The summed E-state index contributed by atoms with van der Waals surface area (Å²) in [6, 6.07) is 25.6. The Morgan fingerprint density at radius 1 is 0.365 bits per heavy atom. The Hall–Kier alpha value is -7.27. The number of nitrogens with one attached hydrogen (secondary N) is 1. The van der Waals surface area contributed by atoms with Crippen LogP contribution < -0.4 is 28.3 Å². The first-order valence-corrected chi connectivity index (χ1v) is 30.4. The van der Waals surface area contributed by atoms with E-state index in [9.17, 15) is 43.2 Å². The molecule has 0 aliphatic rings. The Kier molecular flexibility index (Phi) is 34.0. The zero-order chi connectivity index (χ0) is 62.7. The quantitative estimate of drug-likeness (QED) is 0.0509. The molecule has 22 heteroatoms. The fourth-order valence-electron chi connectivity index (χ4n) is 9.87. The van der Waals surface area contributed by atoms with E-state index in [-0.39, 0.29) is 58.3 Å². The third-order valence-electron chi connectivity index (χ3n) is 14.9. The van der Waals surface area contributed by atoms with Crippen LogP contribution in [-0.4, -0.2) is 210 Å². The van der Waals surface area contributed by atoms with Crippen LogP contribution in [0.2, 0.25) is 0 Å². The van der Waals surface area contributed by atoms with Crippen molar-refractivity contribution in [1.82, 2.24) is 44.5 Å². The van der Waals surface area contributed by atoms with Gasteiger partial charge >= 0.3 is 0 Å². The lowest BCUT2D eigenvalue weighted by Gasteiger charge is -2.35. The molecule has 85 heavy (non-hydrogen) atoms. The number of hydrogen-bond acceptors (Lipinski definition) is 13. The largest absolute Gasteiger partial charge is 0.368 e. The van der Waals surface area contributed by atoms with Crippen LogP contribution in [0.5, 0.6) is 0 Å². The first-order chi connectivity index (χ1) is 40.8. The second kappa shape index (κ2) is 40.1. The van der Waals surface area contributed by atoms with Crippen molar-refractivity contribution in [3.63, 3.8) is 0 Å². The summed E-state index contributed by atoms with van der Waals surface area (Å²) in [7, 11) is 0. The number of carbonyl (C=O) groups is 9. The van der Waals surface area contributed by atoms with Gasteiger partial charge in [0, 0.05) is 32.7 Å². The summed E-state index contributed by atoms with van der Waals surface area (Å²) < 4.78 is 0. The Labute approximate surface area is 504 Å². The Balaban J connectivity index is 1.96. The van der Waals surface area contributed by atoms with E-state index in [1.54, 1.807) is 13.8 Å². The first-order valence-electron chi connectivity index (χ1n) is 30.4. The zero-order valence-electron chi connectivity index (χ0n) is 51.5. The lowest BCUT2D eigenvalue weighted by molar-refractivity contribution is -0.150. The molecule has 0 saturated heterocycles. The number of hydrogen-bond donors (Lipinski definition) is 5. The maximum Gasteiger partial charge on any atom is 0.243 e. The lowest BCUT2D eigenvalue weighted by Crippen LogP contribution is -2.53. The van der Waals surface area contributed by atoms with E-state index in [2.05, 4.69) is 5.32 Å². The summed E-state index contributed by atoms with van der Waals surface area (Å²) in [5.41, 5.74) is 25.3. The van der Waals surface area contributed by atoms with Gasteiger partial charge in [0.25, 0.3) is 0 Å². The third kappa shape index (κ3) is 25.1. The van der Waals surface area contributed by atoms with Crippen LogP contribution in [0.25, 0.3) is 0 Å². The molecule has 0 bridgehead atoms. The highest BCUT2D eigenvalue weighted by atomic mass is 16.2. The van der Waals surface area contributed by atoms with Gasteiger partial charge in [-0.2, -0.15) is 0 Å². The normalized spacial score (nSPS) is 12.1. The predicted molar refractivity (Wildman–Crippen MR) is 330 cm³/mol. The molecule has 0 spiro atoms. The van der Waals surface area contributed by atoms with E-state index in [0.29, 0.717) is 83.2 Å². The molecular weight excluding hydrogens is 1080 g/mol. The molecule has 0 aliphatic heterocycles. The number of benzene rings is 3. The molecule has 9 amide bonds. The second-order valence-electron chi connectivity index (χ2n) is 21.5. The number of primary amides is 1. The average Bonchev–Trinajstić information content (AvgIpc) is 3.62. The van der Waals surface area contributed by atoms with Crippen molar-refractivity contribution in [3.8, 4) is 0 Å². The molecule has 0 unspecified atom stereocenters. The molecular formula is C63H99N13O9. The smallest absolute Gasteiger partial charge is 0.243 e. The molecule has 22 nitrogen and oxygen atoms in total. The van der Waals surface area contributed by atoms with E-state index >= 15 is 0 Å². The van der Waals surface area contributed by atoms with E-state index in [4.69, 9.17) is 22.9 Å². The monoisotopic (exact) mass is 1180 g/mol. The number of nitrogens with zero attached hydrogens (tertiary/aromatic N) is 8. The molecule has 3 atom stereocenters. The number of carbonyl (C=O) groups excluding carboxylic acids is 9. The number of unbranched alkanes of at least 4 members (excludes halogenated alkanes) is 3.